The summed E-state index contributed by atoms with van der Waals surface area (Å²) >= 11 is 0. The van der Waals surface area contributed by atoms with Crippen LogP contribution in [0.25, 0.3) is 0 Å². The number of fused-ring (bicyclic) bond motifs is 1. The molecule has 1 aromatic carbocycles. The van der Waals surface area contributed by atoms with Crippen LogP contribution in [0.5, 0.6) is 11.5 Å². The zero-order chi connectivity index (χ0) is 17.8. The lowest BCUT2D eigenvalue weighted by atomic mass is 10.2. The third kappa shape index (κ3) is 3.92. The van der Waals surface area contributed by atoms with Crippen molar-refractivity contribution >= 4 is 11.8 Å². The Bertz CT molecular complexity index is 786. The van der Waals surface area contributed by atoms with E-state index in [1.165, 1.54) is 0 Å². The van der Waals surface area contributed by atoms with Crippen LogP contribution in [0.3, 0.4) is 0 Å². The fourth-order valence-electron chi connectivity index (χ4n) is 2.51. The minimum Gasteiger partial charge on any atom is -0.454 e. The highest BCUT2D eigenvalue weighted by molar-refractivity contribution is 6.35. The smallest absolute Gasteiger partial charge is 0.309 e. The molecule has 25 heavy (non-hydrogen) atoms. The molecule has 132 valence electrons. The Morgan fingerprint density at radius 1 is 1.20 bits per heavy atom. The number of amides is 2. The van der Waals surface area contributed by atoms with Gasteiger partial charge in [0.05, 0.1) is 0 Å². The maximum Gasteiger partial charge on any atom is 0.309 e. The van der Waals surface area contributed by atoms with Gasteiger partial charge in [-0.1, -0.05) is 6.07 Å². The maximum absolute atomic E-state index is 11.9. The van der Waals surface area contributed by atoms with E-state index in [1.807, 2.05) is 0 Å². The Hall–Kier alpha value is -3.00. The van der Waals surface area contributed by atoms with Crippen molar-refractivity contribution in [2.24, 2.45) is 7.05 Å². The molecule has 2 amide bonds. The largest absolute Gasteiger partial charge is 0.454 e. The van der Waals surface area contributed by atoms with Gasteiger partial charge in [-0.15, -0.1) is 0 Å². The molecule has 2 aromatic rings. The van der Waals surface area contributed by atoms with Crippen LogP contribution in [0.15, 0.2) is 36.5 Å². The molecule has 3 rings (SSSR count). The predicted octanol–water partition coefficient (Wildman–Crippen LogP) is 0.220. The molecular formula is C17H19N3O5. The molecule has 1 aliphatic rings. The predicted molar refractivity (Wildman–Crippen MR) is 87.8 cm³/mol. The van der Waals surface area contributed by atoms with Gasteiger partial charge in [0.15, 0.2) is 11.5 Å². The van der Waals surface area contributed by atoms with E-state index >= 15 is 0 Å². The summed E-state index contributed by atoms with van der Waals surface area (Å²) in [5.74, 6) is -0.296. The number of nitrogens with zero attached hydrogens (tertiary/aromatic N) is 1. The molecule has 3 N–H and O–H groups in total. The molecule has 0 saturated carbocycles. The molecule has 0 aliphatic carbocycles. The van der Waals surface area contributed by atoms with Crippen LogP contribution in [0.4, 0.5) is 0 Å². The van der Waals surface area contributed by atoms with E-state index in [-0.39, 0.29) is 19.9 Å². The van der Waals surface area contributed by atoms with E-state index in [4.69, 9.17) is 9.47 Å². The topological polar surface area (TPSA) is 102 Å². The zero-order valence-electron chi connectivity index (χ0n) is 13.7. The first-order valence-electron chi connectivity index (χ1n) is 7.78. The highest BCUT2D eigenvalue weighted by atomic mass is 16.7. The summed E-state index contributed by atoms with van der Waals surface area (Å²) in [5, 5.41) is 15.0. The summed E-state index contributed by atoms with van der Waals surface area (Å²) in [6, 6.07) is 8.82. The number of aromatic nitrogens is 1. The molecule has 0 spiro atoms. The monoisotopic (exact) mass is 345 g/mol. The number of hydrogen-bond donors (Lipinski definition) is 3. The zero-order valence-corrected chi connectivity index (χ0v) is 13.7. The minimum atomic E-state index is -0.884. The fourth-order valence-corrected chi connectivity index (χ4v) is 2.51. The molecule has 1 aliphatic heterocycles. The van der Waals surface area contributed by atoms with Crippen molar-refractivity contribution in [3.8, 4) is 11.5 Å². The number of aliphatic hydroxyl groups is 1. The number of benzene rings is 1. The lowest BCUT2D eigenvalue weighted by Gasteiger charge is -2.13. The second-order valence-corrected chi connectivity index (χ2v) is 5.64. The molecule has 1 unspecified atom stereocenters. The van der Waals surface area contributed by atoms with Gasteiger partial charge >= 0.3 is 11.8 Å². The van der Waals surface area contributed by atoms with Crippen LogP contribution >= 0.6 is 0 Å². The Labute approximate surface area is 144 Å². The summed E-state index contributed by atoms with van der Waals surface area (Å²) in [5.41, 5.74) is 1.44. The molecule has 0 bridgehead atoms. The van der Waals surface area contributed by atoms with Crippen LogP contribution in [-0.2, 0) is 23.2 Å². The van der Waals surface area contributed by atoms with E-state index in [0.717, 1.165) is 5.56 Å². The van der Waals surface area contributed by atoms with E-state index in [1.54, 1.807) is 48.1 Å². The van der Waals surface area contributed by atoms with Crippen molar-refractivity contribution < 1.29 is 24.2 Å². The van der Waals surface area contributed by atoms with Gasteiger partial charge < -0.3 is 29.8 Å². The van der Waals surface area contributed by atoms with E-state index < -0.39 is 17.9 Å². The van der Waals surface area contributed by atoms with Crippen molar-refractivity contribution in [1.29, 1.82) is 0 Å². The number of aryl methyl sites for hydroxylation is 1. The Balaban J connectivity index is 1.46. The SMILES string of the molecule is Cn1cccc1C(O)CNC(=O)C(=O)NCc1ccc2c(c1)OCO2. The van der Waals surface area contributed by atoms with Crippen LogP contribution in [0.1, 0.15) is 17.4 Å². The average Bonchev–Trinajstić information content (AvgIpc) is 3.25. The lowest BCUT2D eigenvalue weighted by molar-refractivity contribution is -0.139. The third-order valence-electron chi connectivity index (χ3n) is 3.88. The van der Waals surface area contributed by atoms with E-state index in [2.05, 4.69) is 10.6 Å². The molecule has 0 radical (unpaired) electrons. The number of aliphatic hydroxyl groups excluding tert-OH is 1. The number of ether oxygens (including phenoxy) is 2. The number of hydrogen-bond acceptors (Lipinski definition) is 5. The number of rotatable bonds is 5. The van der Waals surface area contributed by atoms with Crippen LogP contribution in [0.2, 0.25) is 0 Å². The first kappa shape index (κ1) is 16.8. The first-order valence-corrected chi connectivity index (χ1v) is 7.78. The van der Waals surface area contributed by atoms with Gasteiger partial charge in [-0.05, 0) is 29.8 Å². The van der Waals surface area contributed by atoms with Crippen molar-refractivity contribution in [2.45, 2.75) is 12.6 Å². The Morgan fingerprint density at radius 2 is 1.96 bits per heavy atom. The quantitative estimate of drug-likeness (QED) is 0.673. The minimum absolute atomic E-state index is 0.0475. The van der Waals surface area contributed by atoms with Crippen LogP contribution in [0, 0.1) is 0 Å². The van der Waals surface area contributed by atoms with Gasteiger partial charge in [-0.3, -0.25) is 9.59 Å². The number of nitrogens with one attached hydrogen (secondary N) is 2. The van der Waals surface area contributed by atoms with Gasteiger partial charge in [0, 0.05) is 32.0 Å². The summed E-state index contributed by atoms with van der Waals surface area (Å²) in [7, 11) is 1.79. The first-order chi connectivity index (χ1) is 12.0. The second-order valence-electron chi connectivity index (χ2n) is 5.64. The third-order valence-corrected chi connectivity index (χ3v) is 3.88. The molecular weight excluding hydrogens is 326 g/mol. The van der Waals surface area contributed by atoms with Crippen LogP contribution < -0.4 is 20.1 Å². The van der Waals surface area contributed by atoms with Gasteiger partial charge in [-0.25, -0.2) is 0 Å². The van der Waals surface area contributed by atoms with E-state index in [0.29, 0.717) is 17.2 Å². The van der Waals surface area contributed by atoms with Crippen molar-refractivity contribution in [1.82, 2.24) is 15.2 Å². The highest BCUT2D eigenvalue weighted by Crippen LogP contribution is 2.32. The number of carbonyl (C=O) groups excluding carboxylic acids is 2. The number of carbonyl (C=O) groups is 2. The van der Waals surface area contributed by atoms with Gasteiger partial charge in [-0.2, -0.15) is 0 Å². The van der Waals surface area contributed by atoms with Crippen molar-refractivity contribution in [3.05, 3.63) is 47.8 Å². The average molecular weight is 345 g/mol. The van der Waals surface area contributed by atoms with Crippen molar-refractivity contribution in [3.63, 3.8) is 0 Å². The Morgan fingerprint density at radius 3 is 2.72 bits per heavy atom. The Kier molecular flexibility index (Phi) is 4.90. The van der Waals surface area contributed by atoms with Crippen LogP contribution in [-0.4, -0.2) is 34.8 Å². The second kappa shape index (κ2) is 7.27. The summed E-state index contributed by atoms with van der Waals surface area (Å²) in [4.78, 5) is 23.7. The van der Waals surface area contributed by atoms with Gasteiger partial charge in [0.25, 0.3) is 0 Å². The normalized spacial score (nSPS) is 13.4. The molecule has 2 heterocycles. The highest BCUT2D eigenvalue weighted by Gasteiger charge is 2.18. The molecule has 8 heteroatoms. The molecule has 1 aromatic heterocycles. The molecule has 0 fully saturated rings. The van der Waals surface area contributed by atoms with Gasteiger partial charge in [0.2, 0.25) is 6.79 Å². The molecule has 8 nitrogen and oxygen atoms in total. The van der Waals surface area contributed by atoms with E-state index in [9.17, 15) is 14.7 Å². The van der Waals surface area contributed by atoms with Crippen molar-refractivity contribution in [2.75, 3.05) is 13.3 Å². The summed E-state index contributed by atoms with van der Waals surface area (Å²) in [6.45, 7) is 0.314. The summed E-state index contributed by atoms with van der Waals surface area (Å²) < 4.78 is 12.2. The lowest BCUT2D eigenvalue weighted by Crippen LogP contribution is -2.41. The summed E-state index contributed by atoms with van der Waals surface area (Å²) in [6.07, 6.45) is 0.906. The standard InChI is InChI=1S/C17H19N3O5/c1-20-6-2-3-12(20)13(21)9-19-17(23)16(22)18-8-11-4-5-14-15(7-11)25-10-24-14/h2-7,13,21H,8-10H2,1H3,(H,18,22)(H,19,23). The molecule has 0 saturated heterocycles. The van der Waals surface area contributed by atoms with Gasteiger partial charge in [0.1, 0.15) is 6.10 Å². The molecule has 1 atom stereocenters. The fraction of sp³-hybridized carbons (Fsp3) is 0.294. The maximum atomic E-state index is 11.9.